The fourth-order valence-corrected chi connectivity index (χ4v) is 2.09. The van der Waals surface area contributed by atoms with Crippen LogP contribution in [0.15, 0.2) is 18.2 Å². The van der Waals surface area contributed by atoms with Crippen LogP contribution in [0.5, 0.6) is 0 Å². The van der Waals surface area contributed by atoms with E-state index in [1.54, 1.807) is 6.92 Å². The first-order valence-electron chi connectivity index (χ1n) is 6.66. The number of hydrogen-bond donors (Lipinski definition) is 2. The SMILES string of the molecule is Cc1ccc(C(F)(F)F)cc1NC(=O)CC1CNCCO1. The Bertz CT molecular complexity index is 511. The lowest BCUT2D eigenvalue weighted by Crippen LogP contribution is -2.40. The molecular formula is C14H17F3N2O2. The molecule has 0 bridgehead atoms. The molecule has 2 rings (SSSR count). The van der Waals surface area contributed by atoms with Crippen LogP contribution in [0, 0.1) is 6.92 Å². The molecule has 1 aromatic carbocycles. The highest BCUT2D eigenvalue weighted by molar-refractivity contribution is 5.91. The summed E-state index contributed by atoms with van der Waals surface area (Å²) in [6.45, 7) is 3.48. The van der Waals surface area contributed by atoms with Crippen LogP contribution < -0.4 is 10.6 Å². The van der Waals surface area contributed by atoms with Gasteiger partial charge in [0.25, 0.3) is 0 Å². The van der Waals surface area contributed by atoms with Crippen molar-refractivity contribution in [2.24, 2.45) is 0 Å². The summed E-state index contributed by atoms with van der Waals surface area (Å²) < 4.78 is 43.4. The number of aryl methyl sites for hydroxylation is 1. The third-order valence-electron chi connectivity index (χ3n) is 3.26. The summed E-state index contributed by atoms with van der Waals surface area (Å²) in [7, 11) is 0. The van der Waals surface area contributed by atoms with E-state index in [-0.39, 0.29) is 24.1 Å². The minimum Gasteiger partial charge on any atom is -0.375 e. The van der Waals surface area contributed by atoms with Crippen LogP contribution in [-0.4, -0.2) is 31.7 Å². The van der Waals surface area contributed by atoms with E-state index in [0.717, 1.165) is 18.7 Å². The van der Waals surface area contributed by atoms with Gasteiger partial charge in [-0.2, -0.15) is 13.2 Å². The molecule has 0 spiro atoms. The molecule has 1 amide bonds. The molecule has 7 heteroatoms. The van der Waals surface area contributed by atoms with Crippen molar-refractivity contribution in [1.29, 1.82) is 0 Å². The van der Waals surface area contributed by atoms with Crippen molar-refractivity contribution >= 4 is 11.6 Å². The average Bonchev–Trinajstić information content (AvgIpc) is 2.41. The van der Waals surface area contributed by atoms with Gasteiger partial charge in [-0.25, -0.2) is 0 Å². The monoisotopic (exact) mass is 302 g/mol. The Kier molecular flexibility index (Phi) is 4.84. The second-order valence-electron chi connectivity index (χ2n) is 4.98. The van der Waals surface area contributed by atoms with E-state index in [4.69, 9.17) is 4.74 Å². The number of carbonyl (C=O) groups is 1. The summed E-state index contributed by atoms with van der Waals surface area (Å²) in [6, 6.07) is 3.30. The number of hydrogen-bond acceptors (Lipinski definition) is 3. The molecule has 0 aromatic heterocycles. The van der Waals surface area contributed by atoms with Gasteiger partial charge >= 0.3 is 6.18 Å². The lowest BCUT2D eigenvalue weighted by molar-refractivity contribution is -0.137. The van der Waals surface area contributed by atoms with E-state index >= 15 is 0 Å². The molecule has 1 unspecified atom stereocenters. The van der Waals surface area contributed by atoms with Crippen LogP contribution in [-0.2, 0) is 15.7 Å². The van der Waals surface area contributed by atoms with Crippen LogP contribution in [0.3, 0.4) is 0 Å². The minimum atomic E-state index is -4.43. The van der Waals surface area contributed by atoms with E-state index in [2.05, 4.69) is 10.6 Å². The number of morpholine rings is 1. The van der Waals surface area contributed by atoms with Gasteiger partial charge in [0.15, 0.2) is 0 Å². The van der Waals surface area contributed by atoms with Gasteiger partial charge in [-0.15, -0.1) is 0 Å². The smallest absolute Gasteiger partial charge is 0.375 e. The van der Waals surface area contributed by atoms with Crippen molar-refractivity contribution in [2.75, 3.05) is 25.0 Å². The second-order valence-corrected chi connectivity index (χ2v) is 4.98. The second kappa shape index (κ2) is 6.44. The van der Waals surface area contributed by atoms with Gasteiger partial charge in [0.05, 0.1) is 24.7 Å². The van der Waals surface area contributed by atoms with Crippen molar-refractivity contribution in [1.82, 2.24) is 5.32 Å². The zero-order valence-corrected chi connectivity index (χ0v) is 11.6. The number of ether oxygens (including phenoxy) is 1. The Morgan fingerprint density at radius 2 is 2.24 bits per heavy atom. The molecule has 1 heterocycles. The molecular weight excluding hydrogens is 285 g/mol. The standard InChI is InChI=1S/C14H17F3N2O2/c1-9-2-3-10(14(15,16)17)6-12(9)19-13(20)7-11-8-18-4-5-21-11/h2-3,6,11,18H,4-5,7-8H2,1H3,(H,19,20). The summed E-state index contributed by atoms with van der Waals surface area (Å²) in [4.78, 5) is 11.9. The summed E-state index contributed by atoms with van der Waals surface area (Å²) >= 11 is 0. The zero-order valence-electron chi connectivity index (χ0n) is 11.6. The Morgan fingerprint density at radius 1 is 1.48 bits per heavy atom. The molecule has 0 radical (unpaired) electrons. The molecule has 1 aromatic rings. The average molecular weight is 302 g/mol. The number of amides is 1. The van der Waals surface area contributed by atoms with Crippen LogP contribution in [0.1, 0.15) is 17.5 Å². The van der Waals surface area contributed by atoms with Crippen molar-refractivity contribution in [3.05, 3.63) is 29.3 Å². The Labute approximate surface area is 120 Å². The van der Waals surface area contributed by atoms with Crippen LogP contribution in [0.2, 0.25) is 0 Å². The molecule has 0 saturated carbocycles. The normalized spacial score (nSPS) is 19.3. The number of benzene rings is 1. The first-order valence-corrected chi connectivity index (χ1v) is 6.66. The quantitative estimate of drug-likeness (QED) is 0.901. The summed E-state index contributed by atoms with van der Waals surface area (Å²) in [5.41, 5.74) is -0.0170. The number of carbonyl (C=O) groups excluding carboxylic acids is 1. The summed E-state index contributed by atoms with van der Waals surface area (Å²) in [6.07, 6.45) is -4.56. The van der Waals surface area contributed by atoms with Gasteiger partial charge in [-0.05, 0) is 24.6 Å². The highest BCUT2D eigenvalue weighted by Crippen LogP contribution is 2.32. The lowest BCUT2D eigenvalue weighted by atomic mass is 10.1. The van der Waals surface area contributed by atoms with E-state index < -0.39 is 11.7 Å². The molecule has 1 atom stereocenters. The molecule has 0 aliphatic carbocycles. The molecule has 1 fully saturated rings. The Hall–Kier alpha value is -1.60. The van der Waals surface area contributed by atoms with Gasteiger partial charge in [0.2, 0.25) is 5.91 Å². The third kappa shape index (κ3) is 4.44. The largest absolute Gasteiger partial charge is 0.416 e. The minimum absolute atomic E-state index is 0.114. The Morgan fingerprint density at radius 3 is 2.86 bits per heavy atom. The molecule has 1 aliphatic heterocycles. The van der Waals surface area contributed by atoms with Gasteiger partial charge in [-0.1, -0.05) is 6.07 Å². The van der Waals surface area contributed by atoms with E-state index in [0.29, 0.717) is 18.7 Å². The Balaban J connectivity index is 2.02. The highest BCUT2D eigenvalue weighted by Gasteiger charge is 2.31. The molecule has 1 aliphatic rings. The maximum atomic E-state index is 12.7. The highest BCUT2D eigenvalue weighted by atomic mass is 19.4. The molecule has 4 nitrogen and oxygen atoms in total. The van der Waals surface area contributed by atoms with E-state index in [9.17, 15) is 18.0 Å². The maximum absolute atomic E-state index is 12.7. The number of alkyl halides is 3. The van der Waals surface area contributed by atoms with Gasteiger partial charge in [0.1, 0.15) is 0 Å². The van der Waals surface area contributed by atoms with E-state index in [1.807, 2.05) is 0 Å². The van der Waals surface area contributed by atoms with Crippen molar-refractivity contribution in [2.45, 2.75) is 25.6 Å². The predicted molar refractivity (Wildman–Crippen MR) is 72.0 cm³/mol. The van der Waals surface area contributed by atoms with Crippen molar-refractivity contribution in [3.63, 3.8) is 0 Å². The first kappa shape index (κ1) is 15.8. The fraction of sp³-hybridized carbons (Fsp3) is 0.500. The van der Waals surface area contributed by atoms with Gasteiger partial charge in [0, 0.05) is 18.8 Å². The van der Waals surface area contributed by atoms with Crippen molar-refractivity contribution < 1.29 is 22.7 Å². The molecule has 2 N–H and O–H groups in total. The van der Waals surface area contributed by atoms with Crippen LogP contribution in [0.4, 0.5) is 18.9 Å². The number of halogens is 3. The summed E-state index contributed by atoms with van der Waals surface area (Å²) in [5.74, 6) is -0.355. The number of anilines is 1. The van der Waals surface area contributed by atoms with Crippen LogP contribution in [0.25, 0.3) is 0 Å². The third-order valence-corrected chi connectivity index (χ3v) is 3.26. The topological polar surface area (TPSA) is 50.4 Å². The molecule has 116 valence electrons. The zero-order chi connectivity index (χ0) is 15.5. The predicted octanol–water partition coefficient (Wildman–Crippen LogP) is 2.33. The first-order chi connectivity index (χ1) is 9.86. The number of nitrogens with one attached hydrogen (secondary N) is 2. The maximum Gasteiger partial charge on any atom is 0.416 e. The van der Waals surface area contributed by atoms with E-state index in [1.165, 1.54) is 6.07 Å². The number of rotatable bonds is 3. The van der Waals surface area contributed by atoms with Crippen LogP contribution >= 0.6 is 0 Å². The van der Waals surface area contributed by atoms with Crippen molar-refractivity contribution in [3.8, 4) is 0 Å². The summed E-state index contributed by atoms with van der Waals surface area (Å²) in [5, 5.41) is 5.61. The lowest BCUT2D eigenvalue weighted by Gasteiger charge is -2.23. The fourth-order valence-electron chi connectivity index (χ4n) is 2.09. The van der Waals surface area contributed by atoms with Gasteiger partial charge in [-0.3, -0.25) is 4.79 Å². The molecule has 1 saturated heterocycles. The molecule has 21 heavy (non-hydrogen) atoms. The van der Waals surface area contributed by atoms with Gasteiger partial charge < -0.3 is 15.4 Å².